The third kappa shape index (κ3) is 5.42. The first-order valence-electron chi connectivity index (χ1n) is 5.91. The van der Waals surface area contributed by atoms with Crippen molar-refractivity contribution >= 4 is 17.7 Å². The molecule has 3 N–H and O–H groups in total. The maximum Gasteiger partial charge on any atom is 0.322 e. The molecule has 0 aliphatic heterocycles. The van der Waals surface area contributed by atoms with Crippen LogP contribution in [-0.2, 0) is 15.3 Å². The monoisotopic (exact) mass is 269 g/mol. The second-order valence-corrected chi connectivity index (χ2v) is 4.97. The highest BCUT2D eigenvalue weighted by atomic mass is 32.2. The number of phenols is 1. The second kappa shape index (κ2) is 8.00. The Bertz CT molecular complexity index is 384. The number of rotatable bonds is 7. The molecule has 0 amide bonds. The van der Waals surface area contributed by atoms with Gasteiger partial charge in [-0.05, 0) is 36.8 Å². The summed E-state index contributed by atoms with van der Waals surface area (Å²) >= 11 is 1.68. The molecule has 0 heterocycles. The lowest BCUT2D eigenvalue weighted by molar-refractivity contribution is -0.144. The van der Waals surface area contributed by atoms with Gasteiger partial charge in [-0.2, -0.15) is 11.8 Å². The third-order valence-corrected chi connectivity index (χ3v) is 3.40. The van der Waals surface area contributed by atoms with E-state index in [1.165, 1.54) is 0 Å². The van der Waals surface area contributed by atoms with Gasteiger partial charge in [-0.3, -0.25) is 4.79 Å². The van der Waals surface area contributed by atoms with Gasteiger partial charge in [0.25, 0.3) is 0 Å². The summed E-state index contributed by atoms with van der Waals surface area (Å²) < 4.78 is 4.83. The molecule has 18 heavy (non-hydrogen) atoms. The summed E-state index contributed by atoms with van der Waals surface area (Å²) in [4.78, 5) is 11.3. The molecule has 1 aromatic carbocycles. The Kier molecular flexibility index (Phi) is 6.60. The van der Waals surface area contributed by atoms with Crippen molar-refractivity contribution in [1.29, 1.82) is 0 Å². The molecule has 1 atom stereocenters. The Morgan fingerprint density at radius 1 is 1.56 bits per heavy atom. The number of carbonyl (C=O) groups excluding carboxylic acids is 1. The molecule has 5 heteroatoms. The van der Waals surface area contributed by atoms with Crippen LogP contribution in [0.25, 0.3) is 0 Å². The maximum atomic E-state index is 11.3. The lowest BCUT2D eigenvalue weighted by atomic mass is 10.2. The molecule has 0 radical (unpaired) electrons. The van der Waals surface area contributed by atoms with E-state index in [1.807, 2.05) is 12.1 Å². The standard InChI is InChI=1S/C13H19NO3S/c1-2-17-13(16)12(14)6-7-18-9-10-4-3-5-11(15)8-10/h3-5,8,12,15H,2,6-7,9,14H2,1H3. The van der Waals surface area contributed by atoms with Gasteiger partial charge in [0.1, 0.15) is 11.8 Å². The van der Waals surface area contributed by atoms with Crippen molar-refractivity contribution in [3.05, 3.63) is 29.8 Å². The summed E-state index contributed by atoms with van der Waals surface area (Å²) in [6.45, 7) is 2.13. The predicted molar refractivity (Wildman–Crippen MR) is 73.5 cm³/mol. The first-order chi connectivity index (χ1) is 8.63. The molecule has 1 unspecified atom stereocenters. The number of benzene rings is 1. The van der Waals surface area contributed by atoms with Gasteiger partial charge in [0, 0.05) is 5.75 Å². The maximum absolute atomic E-state index is 11.3. The van der Waals surface area contributed by atoms with Gasteiger partial charge in [0.2, 0.25) is 0 Å². The fraction of sp³-hybridized carbons (Fsp3) is 0.462. The van der Waals surface area contributed by atoms with Crippen LogP contribution in [0, 0.1) is 0 Å². The summed E-state index contributed by atoms with van der Waals surface area (Å²) in [5.41, 5.74) is 6.74. The van der Waals surface area contributed by atoms with E-state index in [9.17, 15) is 9.90 Å². The zero-order valence-electron chi connectivity index (χ0n) is 10.5. The summed E-state index contributed by atoms with van der Waals surface area (Å²) in [7, 11) is 0. The molecule has 0 aliphatic rings. The summed E-state index contributed by atoms with van der Waals surface area (Å²) in [5, 5.41) is 9.30. The number of nitrogens with two attached hydrogens (primary N) is 1. The average molecular weight is 269 g/mol. The van der Waals surface area contributed by atoms with Crippen LogP contribution in [0.1, 0.15) is 18.9 Å². The van der Waals surface area contributed by atoms with E-state index in [-0.39, 0.29) is 11.7 Å². The van der Waals surface area contributed by atoms with Crippen molar-refractivity contribution in [3.63, 3.8) is 0 Å². The van der Waals surface area contributed by atoms with E-state index in [0.717, 1.165) is 17.1 Å². The number of carbonyl (C=O) groups is 1. The SMILES string of the molecule is CCOC(=O)C(N)CCSCc1cccc(O)c1. The van der Waals surface area contributed by atoms with Crippen LogP contribution in [0.3, 0.4) is 0 Å². The largest absolute Gasteiger partial charge is 0.508 e. The third-order valence-electron chi connectivity index (χ3n) is 2.34. The van der Waals surface area contributed by atoms with Gasteiger partial charge >= 0.3 is 5.97 Å². The summed E-state index contributed by atoms with van der Waals surface area (Å²) in [6.07, 6.45) is 0.600. The first-order valence-corrected chi connectivity index (χ1v) is 7.06. The van der Waals surface area contributed by atoms with Gasteiger partial charge in [0.05, 0.1) is 6.61 Å². The Labute approximate surface area is 112 Å². The molecule has 0 aromatic heterocycles. The smallest absolute Gasteiger partial charge is 0.322 e. The number of ether oxygens (including phenoxy) is 1. The van der Waals surface area contributed by atoms with Crippen molar-refractivity contribution in [2.75, 3.05) is 12.4 Å². The molecule has 0 bridgehead atoms. The highest BCUT2D eigenvalue weighted by Crippen LogP contribution is 2.17. The van der Waals surface area contributed by atoms with E-state index >= 15 is 0 Å². The minimum Gasteiger partial charge on any atom is -0.508 e. The lowest BCUT2D eigenvalue weighted by Gasteiger charge is -2.10. The Hall–Kier alpha value is -1.20. The molecule has 0 saturated heterocycles. The van der Waals surface area contributed by atoms with Gasteiger partial charge < -0.3 is 15.6 Å². The van der Waals surface area contributed by atoms with Crippen molar-refractivity contribution in [2.45, 2.75) is 25.1 Å². The molecule has 4 nitrogen and oxygen atoms in total. The van der Waals surface area contributed by atoms with Crippen LogP contribution in [0.15, 0.2) is 24.3 Å². The van der Waals surface area contributed by atoms with Crippen LogP contribution in [0.5, 0.6) is 5.75 Å². The van der Waals surface area contributed by atoms with Crippen LogP contribution >= 0.6 is 11.8 Å². The molecule has 0 spiro atoms. The number of aromatic hydroxyl groups is 1. The second-order valence-electron chi connectivity index (χ2n) is 3.87. The molecular weight excluding hydrogens is 250 g/mol. The van der Waals surface area contributed by atoms with E-state index in [0.29, 0.717) is 13.0 Å². The molecule has 1 aromatic rings. The number of phenolic OH excluding ortho intramolecular Hbond substituents is 1. The molecule has 1 rings (SSSR count). The Morgan fingerprint density at radius 3 is 3.00 bits per heavy atom. The van der Waals surface area contributed by atoms with E-state index in [1.54, 1.807) is 30.8 Å². The normalized spacial score (nSPS) is 12.1. The number of hydrogen-bond donors (Lipinski definition) is 2. The number of thioether (sulfide) groups is 1. The zero-order valence-corrected chi connectivity index (χ0v) is 11.3. The minimum absolute atomic E-state index is 0.274. The quantitative estimate of drug-likeness (QED) is 0.584. The first kappa shape index (κ1) is 14.9. The minimum atomic E-state index is -0.540. The molecular formula is C13H19NO3S. The highest BCUT2D eigenvalue weighted by Gasteiger charge is 2.13. The van der Waals surface area contributed by atoms with Crippen molar-refractivity contribution in [3.8, 4) is 5.75 Å². The topological polar surface area (TPSA) is 72.5 Å². The van der Waals surface area contributed by atoms with Gasteiger partial charge in [0.15, 0.2) is 0 Å². The molecule has 0 saturated carbocycles. The van der Waals surface area contributed by atoms with Crippen molar-refractivity contribution < 1.29 is 14.6 Å². The summed E-state index contributed by atoms with van der Waals surface area (Å²) in [6, 6.07) is 6.61. The van der Waals surface area contributed by atoms with Gasteiger partial charge in [-0.25, -0.2) is 0 Å². The van der Waals surface area contributed by atoms with E-state index in [4.69, 9.17) is 10.5 Å². The number of esters is 1. The highest BCUT2D eigenvalue weighted by molar-refractivity contribution is 7.98. The van der Waals surface area contributed by atoms with E-state index < -0.39 is 6.04 Å². The van der Waals surface area contributed by atoms with Crippen molar-refractivity contribution in [1.82, 2.24) is 0 Å². The number of hydrogen-bond acceptors (Lipinski definition) is 5. The fourth-order valence-corrected chi connectivity index (χ4v) is 2.39. The molecule has 0 fully saturated rings. The van der Waals surface area contributed by atoms with Crippen LogP contribution < -0.4 is 5.73 Å². The molecule has 100 valence electrons. The molecule has 0 aliphatic carbocycles. The fourth-order valence-electron chi connectivity index (χ4n) is 1.41. The van der Waals surface area contributed by atoms with Crippen molar-refractivity contribution in [2.24, 2.45) is 5.73 Å². The Morgan fingerprint density at radius 2 is 2.33 bits per heavy atom. The average Bonchev–Trinajstić information content (AvgIpc) is 2.35. The van der Waals surface area contributed by atoms with E-state index in [2.05, 4.69) is 0 Å². The van der Waals surface area contributed by atoms with Crippen LogP contribution in [0.2, 0.25) is 0 Å². The van der Waals surface area contributed by atoms with Crippen LogP contribution in [0.4, 0.5) is 0 Å². The zero-order chi connectivity index (χ0) is 13.4. The Balaban J connectivity index is 2.20. The van der Waals surface area contributed by atoms with Crippen LogP contribution in [-0.4, -0.2) is 29.5 Å². The summed E-state index contributed by atoms with van der Waals surface area (Å²) in [5.74, 6) is 1.52. The van der Waals surface area contributed by atoms with Gasteiger partial charge in [-0.1, -0.05) is 12.1 Å². The predicted octanol–water partition coefficient (Wildman–Crippen LogP) is 1.91. The van der Waals surface area contributed by atoms with Gasteiger partial charge in [-0.15, -0.1) is 0 Å². The lowest BCUT2D eigenvalue weighted by Crippen LogP contribution is -2.32.